The fraction of sp³-hybridized carbons (Fsp3) is 0.333. The molecule has 3 heteroatoms. The van der Waals surface area contributed by atoms with E-state index >= 15 is 0 Å². The van der Waals surface area contributed by atoms with Gasteiger partial charge in [0, 0.05) is 11.8 Å². The molecule has 1 atom stereocenters. The molecule has 1 nitrogen and oxygen atoms in total. The Morgan fingerprint density at radius 3 is 2.42 bits per heavy atom. The Labute approximate surface area is 77.4 Å². The van der Waals surface area contributed by atoms with Crippen molar-refractivity contribution in [2.24, 2.45) is 0 Å². The average Bonchev–Trinajstić information content (AvgIpc) is 2.10. The molecule has 1 unspecified atom stereocenters. The molecule has 12 heavy (non-hydrogen) atoms. The summed E-state index contributed by atoms with van der Waals surface area (Å²) in [5.41, 5.74) is 1.06. The van der Waals surface area contributed by atoms with Crippen molar-refractivity contribution < 1.29 is 4.39 Å². The van der Waals surface area contributed by atoms with E-state index in [0.29, 0.717) is 5.75 Å². The van der Waals surface area contributed by atoms with Gasteiger partial charge in [-0.15, -0.1) is 0 Å². The standard InChI is InChI=1S/C9H12FNS/c1-11-9(6-12)7-2-4-8(10)5-3-7/h2-5,9,11-12H,6H2,1H3. The smallest absolute Gasteiger partial charge is 0.123 e. The second-order valence-electron chi connectivity index (χ2n) is 2.58. The number of hydrogen-bond donors (Lipinski definition) is 2. The topological polar surface area (TPSA) is 12.0 Å². The van der Waals surface area contributed by atoms with Crippen LogP contribution in [0.4, 0.5) is 4.39 Å². The number of halogens is 1. The summed E-state index contributed by atoms with van der Waals surface area (Å²) in [6.45, 7) is 0. The molecule has 0 fully saturated rings. The van der Waals surface area contributed by atoms with Crippen LogP contribution in [0.15, 0.2) is 24.3 Å². The third-order valence-corrected chi connectivity index (χ3v) is 2.17. The van der Waals surface area contributed by atoms with Gasteiger partial charge in [-0.05, 0) is 24.7 Å². The molecule has 1 N–H and O–H groups in total. The van der Waals surface area contributed by atoms with Crippen LogP contribution < -0.4 is 5.32 Å². The maximum absolute atomic E-state index is 12.5. The summed E-state index contributed by atoms with van der Waals surface area (Å²) < 4.78 is 12.5. The minimum absolute atomic E-state index is 0.201. The van der Waals surface area contributed by atoms with Crippen molar-refractivity contribution in [1.82, 2.24) is 5.32 Å². The Kier molecular flexibility index (Phi) is 3.56. The minimum atomic E-state index is -0.201. The van der Waals surface area contributed by atoms with E-state index in [-0.39, 0.29) is 11.9 Å². The summed E-state index contributed by atoms with van der Waals surface area (Å²) in [6.07, 6.45) is 0. The Balaban J connectivity index is 2.80. The summed E-state index contributed by atoms with van der Waals surface area (Å²) in [6, 6.07) is 6.67. The Morgan fingerprint density at radius 1 is 1.42 bits per heavy atom. The number of nitrogens with one attached hydrogen (secondary N) is 1. The van der Waals surface area contributed by atoms with Crippen LogP contribution in [0.25, 0.3) is 0 Å². The van der Waals surface area contributed by atoms with Gasteiger partial charge < -0.3 is 5.32 Å². The molecule has 1 rings (SSSR count). The molecule has 0 spiro atoms. The minimum Gasteiger partial charge on any atom is -0.312 e. The van der Waals surface area contributed by atoms with Gasteiger partial charge in [-0.3, -0.25) is 0 Å². The summed E-state index contributed by atoms with van der Waals surface area (Å²) in [5.74, 6) is 0.509. The first-order valence-electron chi connectivity index (χ1n) is 3.81. The van der Waals surface area contributed by atoms with Crippen molar-refractivity contribution >= 4 is 12.6 Å². The first-order valence-corrected chi connectivity index (χ1v) is 4.44. The second-order valence-corrected chi connectivity index (χ2v) is 2.94. The third-order valence-electron chi connectivity index (χ3n) is 1.80. The number of thiol groups is 1. The maximum atomic E-state index is 12.5. The van der Waals surface area contributed by atoms with Crippen LogP contribution in [-0.4, -0.2) is 12.8 Å². The number of hydrogen-bond acceptors (Lipinski definition) is 2. The molecule has 1 aromatic carbocycles. The van der Waals surface area contributed by atoms with Gasteiger partial charge in [-0.2, -0.15) is 12.6 Å². The van der Waals surface area contributed by atoms with Crippen LogP contribution in [0.5, 0.6) is 0 Å². The molecule has 66 valence electrons. The van der Waals surface area contributed by atoms with Crippen LogP contribution in [0.1, 0.15) is 11.6 Å². The van der Waals surface area contributed by atoms with Gasteiger partial charge in [-0.1, -0.05) is 12.1 Å². The Bertz CT molecular complexity index is 231. The van der Waals surface area contributed by atoms with E-state index in [2.05, 4.69) is 17.9 Å². The SMILES string of the molecule is CNC(CS)c1ccc(F)cc1. The van der Waals surface area contributed by atoms with E-state index in [9.17, 15) is 4.39 Å². The molecule has 0 aliphatic rings. The van der Waals surface area contributed by atoms with E-state index in [0.717, 1.165) is 5.56 Å². The Hall–Kier alpha value is -0.540. The molecule has 0 radical (unpaired) electrons. The van der Waals surface area contributed by atoms with E-state index in [1.54, 1.807) is 12.1 Å². The summed E-state index contributed by atoms with van der Waals surface area (Å²) in [7, 11) is 1.87. The Morgan fingerprint density at radius 2 is 2.00 bits per heavy atom. The second kappa shape index (κ2) is 4.48. The van der Waals surface area contributed by atoms with Gasteiger partial charge in [-0.25, -0.2) is 4.39 Å². The number of benzene rings is 1. The van der Waals surface area contributed by atoms with Gasteiger partial charge in [0.05, 0.1) is 0 Å². The van der Waals surface area contributed by atoms with E-state index in [1.807, 2.05) is 7.05 Å². The molecular formula is C9H12FNS. The third kappa shape index (κ3) is 2.22. The molecule has 1 aromatic rings. The van der Waals surface area contributed by atoms with Gasteiger partial charge in [0.1, 0.15) is 5.82 Å². The van der Waals surface area contributed by atoms with Crippen LogP contribution >= 0.6 is 12.6 Å². The van der Waals surface area contributed by atoms with Crippen molar-refractivity contribution in [3.8, 4) is 0 Å². The van der Waals surface area contributed by atoms with Crippen LogP contribution in [0, 0.1) is 5.82 Å². The predicted molar refractivity (Wildman–Crippen MR) is 52.1 cm³/mol. The number of rotatable bonds is 3. The van der Waals surface area contributed by atoms with Gasteiger partial charge in [0.25, 0.3) is 0 Å². The molecule has 0 amide bonds. The molecular weight excluding hydrogens is 173 g/mol. The predicted octanol–water partition coefficient (Wildman–Crippen LogP) is 2.02. The molecule has 0 saturated carbocycles. The lowest BCUT2D eigenvalue weighted by atomic mass is 10.1. The zero-order valence-electron chi connectivity index (χ0n) is 6.92. The highest BCUT2D eigenvalue weighted by molar-refractivity contribution is 7.80. The zero-order valence-corrected chi connectivity index (χ0v) is 7.81. The molecule has 0 bridgehead atoms. The molecule has 0 heterocycles. The summed E-state index contributed by atoms with van der Waals surface area (Å²) >= 11 is 4.18. The van der Waals surface area contributed by atoms with Crippen molar-refractivity contribution in [3.05, 3.63) is 35.6 Å². The highest BCUT2D eigenvalue weighted by atomic mass is 32.1. The lowest BCUT2D eigenvalue weighted by Crippen LogP contribution is -2.17. The van der Waals surface area contributed by atoms with Gasteiger partial charge >= 0.3 is 0 Å². The molecule has 0 aromatic heterocycles. The lowest BCUT2D eigenvalue weighted by molar-refractivity contribution is 0.620. The van der Waals surface area contributed by atoms with Crippen LogP contribution in [-0.2, 0) is 0 Å². The van der Waals surface area contributed by atoms with E-state index in [1.165, 1.54) is 12.1 Å². The van der Waals surface area contributed by atoms with Gasteiger partial charge in [0.15, 0.2) is 0 Å². The maximum Gasteiger partial charge on any atom is 0.123 e. The fourth-order valence-electron chi connectivity index (χ4n) is 1.06. The summed E-state index contributed by atoms with van der Waals surface area (Å²) in [4.78, 5) is 0. The molecule has 0 aliphatic carbocycles. The van der Waals surface area contributed by atoms with Crippen molar-refractivity contribution in [3.63, 3.8) is 0 Å². The quantitative estimate of drug-likeness (QED) is 0.686. The average molecular weight is 185 g/mol. The first kappa shape index (κ1) is 9.55. The van der Waals surface area contributed by atoms with Crippen LogP contribution in [0.3, 0.4) is 0 Å². The zero-order chi connectivity index (χ0) is 8.97. The highest BCUT2D eigenvalue weighted by Gasteiger charge is 2.05. The first-order chi connectivity index (χ1) is 5.77. The van der Waals surface area contributed by atoms with E-state index < -0.39 is 0 Å². The molecule has 0 aliphatic heterocycles. The van der Waals surface area contributed by atoms with Crippen molar-refractivity contribution in [2.75, 3.05) is 12.8 Å². The van der Waals surface area contributed by atoms with Crippen molar-refractivity contribution in [1.29, 1.82) is 0 Å². The summed E-state index contributed by atoms with van der Waals surface area (Å²) in [5, 5.41) is 3.09. The highest BCUT2D eigenvalue weighted by Crippen LogP contribution is 2.13. The van der Waals surface area contributed by atoms with E-state index in [4.69, 9.17) is 0 Å². The monoisotopic (exact) mass is 185 g/mol. The normalized spacial score (nSPS) is 12.9. The van der Waals surface area contributed by atoms with Crippen molar-refractivity contribution in [2.45, 2.75) is 6.04 Å². The molecule has 0 saturated heterocycles. The van der Waals surface area contributed by atoms with Gasteiger partial charge in [0.2, 0.25) is 0 Å². The largest absolute Gasteiger partial charge is 0.312 e. The lowest BCUT2D eigenvalue weighted by Gasteiger charge is -2.12. The fourth-order valence-corrected chi connectivity index (χ4v) is 1.45. The van der Waals surface area contributed by atoms with Crippen LogP contribution in [0.2, 0.25) is 0 Å².